The van der Waals surface area contributed by atoms with Crippen LogP contribution in [0.4, 0.5) is 4.39 Å². The van der Waals surface area contributed by atoms with Crippen LogP contribution in [0.2, 0.25) is 0 Å². The van der Waals surface area contributed by atoms with Crippen LogP contribution in [0.25, 0.3) is 0 Å². The van der Waals surface area contributed by atoms with Gasteiger partial charge in [-0.3, -0.25) is 23.4 Å². The Bertz CT molecular complexity index is 918. The highest BCUT2D eigenvalue weighted by molar-refractivity contribution is 7.55. The normalized spacial score (nSPS) is 34.1. The van der Waals surface area contributed by atoms with Gasteiger partial charge in [-0.1, -0.05) is 12.7 Å². The Morgan fingerprint density at radius 2 is 2.19 bits per heavy atom. The molecule has 27 heavy (non-hydrogen) atoms. The molecular weight excluding hydrogens is 417 g/mol. The minimum absolute atomic E-state index is 0.537. The summed E-state index contributed by atoms with van der Waals surface area (Å²) in [5.74, 6) is -3.38. The molecule has 1 aliphatic heterocycles. The SMILES string of the molecule is C=C[C@]1(O)[C@H](n2ccc(=O)[nH]c2=O)O[C@](F)(COP(=O)(O)O[PH](=O)O)[C@H]1O. The van der Waals surface area contributed by atoms with Crippen molar-refractivity contribution < 1.29 is 47.1 Å². The number of rotatable bonds is 7. The lowest BCUT2D eigenvalue weighted by molar-refractivity contribution is -0.204. The second-order valence-corrected chi connectivity index (χ2v) is 7.82. The van der Waals surface area contributed by atoms with E-state index in [9.17, 15) is 38.2 Å². The summed E-state index contributed by atoms with van der Waals surface area (Å²) in [6.07, 6.45) is -2.95. The standard InChI is InChI=1S/C11H15FN2O11P2/c1-2-10(18)7(16)11(12,5-23-27(21,22)25-26(19)20)24-8(10)14-4-3-6(15)13-9(14)17/h2-4,7-8,16,18,26H,1,5H2,(H,19,20)(H,21,22)(H,13,15,17)/t7-,8+,10+,11+/m0/s1. The minimum atomic E-state index is -5.20. The molecule has 13 nitrogen and oxygen atoms in total. The van der Waals surface area contributed by atoms with Gasteiger partial charge in [0.05, 0.1) is 0 Å². The maximum atomic E-state index is 15.0. The molecule has 0 aliphatic carbocycles. The highest BCUT2D eigenvalue weighted by atomic mass is 31.2. The van der Waals surface area contributed by atoms with E-state index in [2.05, 4.69) is 15.4 Å². The van der Waals surface area contributed by atoms with Crippen molar-refractivity contribution in [3.63, 3.8) is 0 Å². The van der Waals surface area contributed by atoms with Gasteiger partial charge >= 0.3 is 21.8 Å². The lowest BCUT2D eigenvalue weighted by Crippen LogP contribution is -2.50. The van der Waals surface area contributed by atoms with E-state index in [1.807, 2.05) is 4.98 Å². The maximum Gasteiger partial charge on any atom is 0.479 e. The summed E-state index contributed by atoms with van der Waals surface area (Å²) < 4.78 is 50.1. The molecule has 1 aromatic heterocycles. The summed E-state index contributed by atoms with van der Waals surface area (Å²) in [7, 11) is -9.12. The number of aliphatic hydroxyl groups excluding tert-OH is 1. The van der Waals surface area contributed by atoms with Crippen molar-refractivity contribution in [2.75, 3.05) is 6.61 Å². The van der Waals surface area contributed by atoms with Crippen molar-refractivity contribution in [1.29, 1.82) is 0 Å². The van der Waals surface area contributed by atoms with Crippen LogP contribution >= 0.6 is 16.1 Å². The fourth-order valence-electron chi connectivity index (χ4n) is 2.34. The Kier molecular flexibility index (Phi) is 6.07. The van der Waals surface area contributed by atoms with E-state index in [0.29, 0.717) is 10.6 Å². The predicted molar refractivity (Wildman–Crippen MR) is 84.5 cm³/mol. The van der Waals surface area contributed by atoms with Gasteiger partial charge in [0.15, 0.2) is 17.9 Å². The van der Waals surface area contributed by atoms with E-state index in [1.165, 1.54) is 0 Å². The van der Waals surface area contributed by atoms with E-state index >= 15 is 0 Å². The number of nitrogens with zero attached hydrogens (tertiary/aromatic N) is 1. The predicted octanol–water partition coefficient (Wildman–Crippen LogP) is -1.48. The van der Waals surface area contributed by atoms with Crippen molar-refractivity contribution in [1.82, 2.24) is 9.55 Å². The highest BCUT2D eigenvalue weighted by Crippen LogP contribution is 2.53. The van der Waals surface area contributed by atoms with Gasteiger partial charge in [-0.25, -0.2) is 18.1 Å². The molecule has 2 unspecified atom stereocenters. The average Bonchev–Trinajstić information content (AvgIpc) is 2.75. The molecule has 16 heteroatoms. The zero-order chi connectivity index (χ0) is 20.6. The molecule has 2 heterocycles. The summed E-state index contributed by atoms with van der Waals surface area (Å²) >= 11 is 0. The van der Waals surface area contributed by atoms with Crippen LogP contribution in [0, 0.1) is 0 Å². The van der Waals surface area contributed by atoms with E-state index in [1.54, 1.807) is 0 Å². The van der Waals surface area contributed by atoms with Crippen LogP contribution in [0.15, 0.2) is 34.5 Å². The Labute approximate surface area is 149 Å². The van der Waals surface area contributed by atoms with Gasteiger partial charge < -0.3 is 24.7 Å². The van der Waals surface area contributed by atoms with E-state index in [4.69, 9.17) is 9.63 Å². The number of aliphatic hydroxyl groups is 2. The minimum Gasteiger partial charge on any atom is -0.383 e. The molecule has 0 radical (unpaired) electrons. The van der Waals surface area contributed by atoms with Crippen molar-refractivity contribution in [2.45, 2.75) is 23.8 Å². The molecule has 0 bridgehead atoms. The molecule has 1 saturated heterocycles. The van der Waals surface area contributed by atoms with E-state index in [-0.39, 0.29) is 0 Å². The second kappa shape index (κ2) is 7.51. The maximum absolute atomic E-state index is 15.0. The lowest BCUT2D eigenvalue weighted by Gasteiger charge is -2.28. The molecule has 1 fully saturated rings. The molecule has 2 rings (SSSR count). The summed E-state index contributed by atoms with van der Waals surface area (Å²) in [6.45, 7) is 1.68. The Balaban J connectivity index is 2.36. The number of ether oxygens (including phenoxy) is 1. The van der Waals surface area contributed by atoms with Crippen molar-refractivity contribution >= 4 is 16.1 Å². The van der Waals surface area contributed by atoms with Crippen molar-refractivity contribution in [2.24, 2.45) is 0 Å². The molecule has 152 valence electrons. The third kappa shape index (κ3) is 4.35. The third-order valence-electron chi connectivity index (χ3n) is 3.60. The number of halogens is 1. The molecule has 6 atom stereocenters. The first-order valence-corrected chi connectivity index (χ1v) is 9.72. The van der Waals surface area contributed by atoms with E-state index in [0.717, 1.165) is 12.3 Å². The average molecular weight is 432 g/mol. The van der Waals surface area contributed by atoms with E-state index < -0.39 is 57.7 Å². The monoisotopic (exact) mass is 432 g/mol. The Morgan fingerprint density at radius 1 is 1.56 bits per heavy atom. The summed E-state index contributed by atoms with van der Waals surface area (Å²) in [6, 6.07) is 0.851. The van der Waals surface area contributed by atoms with Gasteiger partial charge in [-0.15, -0.1) is 0 Å². The number of hydrogen-bond donors (Lipinski definition) is 5. The van der Waals surface area contributed by atoms with Gasteiger partial charge in [0.25, 0.3) is 11.4 Å². The molecule has 0 spiro atoms. The first-order chi connectivity index (χ1) is 12.3. The van der Waals surface area contributed by atoms with Gasteiger partial charge in [-0.2, -0.15) is 0 Å². The number of nitrogens with one attached hydrogen (secondary N) is 1. The number of alkyl halides is 1. The molecule has 0 aromatic carbocycles. The number of aromatic nitrogens is 2. The third-order valence-corrected chi connectivity index (χ3v) is 5.60. The molecule has 1 aliphatic rings. The fraction of sp³-hybridized carbons (Fsp3) is 0.455. The molecule has 1 aromatic rings. The Morgan fingerprint density at radius 3 is 2.70 bits per heavy atom. The quantitative estimate of drug-likeness (QED) is 0.249. The number of hydrogen-bond acceptors (Lipinski definition) is 9. The van der Waals surface area contributed by atoms with Gasteiger partial charge in [0, 0.05) is 12.3 Å². The first kappa shape index (κ1) is 21.8. The molecule has 0 saturated carbocycles. The largest absolute Gasteiger partial charge is 0.479 e. The molecular formula is C11H15FN2O11P2. The number of aromatic amines is 1. The van der Waals surface area contributed by atoms with Crippen LogP contribution in [0.3, 0.4) is 0 Å². The number of phosphoric ester groups is 1. The number of H-pyrrole nitrogens is 1. The summed E-state index contributed by atoms with van der Waals surface area (Å²) in [5.41, 5.74) is -4.56. The fourth-order valence-corrected chi connectivity index (χ4v) is 3.68. The lowest BCUT2D eigenvalue weighted by atomic mass is 9.93. The first-order valence-electron chi connectivity index (χ1n) is 6.97. The van der Waals surface area contributed by atoms with Crippen LogP contribution < -0.4 is 11.2 Å². The zero-order valence-electron chi connectivity index (χ0n) is 13.2. The smallest absolute Gasteiger partial charge is 0.383 e. The van der Waals surface area contributed by atoms with Crippen LogP contribution in [-0.4, -0.2) is 53.7 Å². The highest BCUT2D eigenvalue weighted by Gasteiger charge is 2.64. The molecule has 0 amide bonds. The van der Waals surface area contributed by atoms with Crippen molar-refractivity contribution in [3.05, 3.63) is 45.8 Å². The van der Waals surface area contributed by atoms with Gasteiger partial charge in [0.2, 0.25) is 0 Å². The topological polar surface area (TPSA) is 198 Å². The molecule has 5 N–H and O–H groups in total. The Hall–Kier alpha value is -1.47. The summed E-state index contributed by atoms with van der Waals surface area (Å²) in [5, 5.41) is 20.6. The number of phosphoric acid groups is 1. The summed E-state index contributed by atoms with van der Waals surface area (Å²) in [4.78, 5) is 42.5. The van der Waals surface area contributed by atoms with Gasteiger partial charge in [0.1, 0.15) is 6.61 Å². The zero-order valence-corrected chi connectivity index (χ0v) is 15.1. The van der Waals surface area contributed by atoms with Gasteiger partial charge in [-0.05, 0) is 0 Å². The van der Waals surface area contributed by atoms with Crippen LogP contribution in [0.5, 0.6) is 0 Å². The second-order valence-electron chi connectivity index (χ2n) is 5.37. The van der Waals surface area contributed by atoms with Crippen molar-refractivity contribution in [3.8, 4) is 0 Å². The van der Waals surface area contributed by atoms with Crippen LogP contribution in [-0.2, 0) is 22.7 Å². The van der Waals surface area contributed by atoms with Crippen LogP contribution in [0.1, 0.15) is 6.23 Å².